The van der Waals surface area contributed by atoms with E-state index in [1.165, 1.54) is 18.2 Å². The first-order chi connectivity index (χ1) is 20.2. The monoisotopic (exact) mass is 601 g/mol. The molecule has 2 aromatic rings. The van der Waals surface area contributed by atoms with Crippen molar-refractivity contribution in [2.24, 2.45) is 0 Å². The minimum atomic E-state index is -0.747. The highest BCUT2D eigenvalue weighted by Gasteiger charge is 2.36. The Morgan fingerprint density at radius 2 is 1.88 bits per heavy atom. The molecular weight excluding hydrogens is 564 g/mol. The Labute approximate surface area is 250 Å². The second-order valence-corrected chi connectivity index (χ2v) is 11.7. The van der Waals surface area contributed by atoms with Crippen LogP contribution >= 0.6 is 11.6 Å². The molecule has 2 fully saturated rings. The Balaban J connectivity index is 1.46. The standard InChI is InChI=1S/C31H38ClF2N5O3/c1-4-27(40)38-16-20(3)39(17-19(38)2)31(35)24-15-25(32)28(23-8-7-21(33)14-26(23)34)30-29(24)36-22(18-42-30)6-5-9-37-10-12-41-13-11-37/h4,7-8,14-15,19-20,22,35-36H,1,5-6,9-13,16-18H2,2-3H3/t19-,20+,22?/m1/s1. The summed E-state index contributed by atoms with van der Waals surface area (Å²) in [6.07, 6.45) is 3.10. The molecule has 8 nitrogen and oxygen atoms in total. The van der Waals surface area contributed by atoms with Gasteiger partial charge in [-0.2, -0.15) is 0 Å². The van der Waals surface area contributed by atoms with Crippen LogP contribution in [-0.2, 0) is 9.53 Å². The highest BCUT2D eigenvalue weighted by atomic mass is 35.5. The van der Waals surface area contributed by atoms with E-state index in [1.807, 2.05) is 18.7 Å². The molecule has 2 aromatic carbocycles. The lowest BCUT2D eigenvalue weighted by Crippen LogP contribution is -2.59. The van der Waals surface area contributed by atoms with Gasteiger partial charge in [-0.3, -0.25) is 15.1 Å². The molecule has 0 spiro atoms. The van der Waals surface area contributed by atoms with Crippen LogP contribution in [0.5, 0.6) is 5.75 Å². The Bertz CT molecular complexity index is 1350. The predicted octanol–water partition coefficient (Wildman–Crippen LogP) is 5.00. The van der Waals surface area contributed by atoms with Crippen molar-refractivity contribution < 1.29 is 23.0 Å². The summed E-state index contributed by atoms with van der Waals surface area (Å²) in [6.45, 7) is 13.1. The minimum Gasteiger partial charge on any atom is -0.489 e. The summed E-state index contributed by atoms with van der Waals surface area (Å²) in [6, 6.07) is 4.72. The third-order valence-electron chi connectivity index (χ3n) is 8.33. The van der Waals surface area contributed by atoms with Crippen molar-refractivity contribution in [3.63, 3.8) is 0 Å². The number of rotatable bonds is 7. The van der Waals surface area contributed by atoms with E-state index in [1.54, 1.807) is 11.0 Å². The number of carbonyl (C=O) groups excluding carboxylic acids is 1. The van der Waals surface area contributed by atoms with Gasteiger partial charge in [-0.05, 0) is 57.5 Å². The zero-order chi connectivity index (χ0) is 30.0. The number of piperazine rings is 1. The molecule has 0 bridgehead atoms. The number of ether oxygens (including phenoxy) is 2. The van der Waals surface area contributed by atoms with E-state index in [4.69, 9.17) is 21.1 Å². The fourth-order valence-electron chi connectivity index (χ4n) is 6.03. The fourth-order valence-corrected chi connectivity index (χ4v) is 6.33. The van der Waals surface area contributed by atoms with Crippen molar-refractivity contribution in [2.75, 3.05) is 57.9 Å². The van der Waals surface area contributed by atoms with E-state index in [0.29, 0.717) is 42.3 Å². The van der Waals surface area contributed by atoms with Gasteiger partial charge in [0, 0.05) is 61.0 Å². The molecule has 2 saturated heterocycles. The second-order valence-electron chi connectivity index (χ2n) is 11.3. The maximum atomic E-state index is 15.0. The second kappa shape index (κ2) is 13.0. The largest absolute Gasteiger partial charge is 0.489 e. The Morgan fingerprint density at radius 1 is 1.17 bits per heavy atom. The van der Waals surface area contributed by atoms with Gasteiger partial charge in [-0.1, -0.05) is 18.2 Å². The number of fused-ring (bicyclic) bond motifs is 1. The molecule has 2 N–H and O–H groups in total. The van der Waals surface area contributed by atoms with Crippen molar-refractivity contribution in [1.29, 1.82) is 5.41 Å². The first-order valence-corrected chi connectivity index (χ1v) is 14.9. The molecule has 5 rings (SSSR count). The van der Waals surface area contributed by atoms with Crippen LogP contribution in [-0.4, -0.2) is 97.1 Å². The van der Waals surface area contributed by atoms with Crippen LogP contribution in [0.25, 0.3) is 11.1 Å². The molecule has 3 atom stereocenters. The van der Waals surface area contributed by atoms with E-state index in [9.17, 15) is 14.6 Å². The third kappa shape index (κ3) is 6.26. The number of anilines is 1. The van der Waals surface area contributed by atoms with Crippen molar-refractivity contribution in [1.82, 2.24) is 14.7 Å². The highest BCUT2D eigenvalue weighted by molar-refractivity contribution is 6.34. The first kappa shape index (κ1) is 30.3. The fraction of sp³-hybridized carbons (Fsp3) is 0.484. The number of halogens is 3. The Morgan fingerprint density at radius 3 is 2.60 bits per heavy atom. The predicted molar refractivity (Wildman–Crippen MR) is 161 cm³/mol. The van der Waals surface area contributed by atoms with Gasteiger partial charge in [0.1, 0.15) is 24.1 Å². The third-order valence-corrected chi connectivity index (χ3v) is 8.63. The Hall–Kier alpha value is -3.21. The van der Waals surface area contributed by atoms with E-state index < -0.39 is 11.6 Å². The van der Waals surface area contributed by atoms with Crippen LogP contribution in [0.4, 0.5) is 14.5 Å². The number of hydrogen-bond acceptors (Lipinski definition) is 6. The Kier molecular flexibility index (Phi) is 9.35. The number of benzene rings is 2. The maximum absolute atomic E-state index is 15.0. The summed E-state index contributed by atoms with van der Waals surface area (Å²) in [5.74, 6) is -0.991. The van der Waals surface area contributed by atoms with Gasteiger partial charge in [-0.15, -0.1) is 0 Å². The number of amidine groups is 1. The minimum absolute atomic E-state index is 0.0319. The summed E-state index contributed by atoms with van der Waals surface area (Å²) < 4.78 is 40.5. The van der Waals surface area contributed by atoms with Gasteiger partial charge in [0.25, 0.3) is 0 Å². The maximum Gasteiger partial charge on any atom is 0.246 e. The number of nitrogens with one attached hydrogen (secondary N) is 2. The highest BCUT2D eigenvalue weighted by Crippen LogP contribution is 2.47. The molecule has 0 aliphatic carbocycles. The molecule has 42 heavy (non-hydrogen) atoms. The van der Waals surface area contributed by atoms with Gasteiger partial charge in [-0.25, -0.2) is 8.78 Å². The molecule has 226 valence electrons. The lowest BCUT2D eigenvalue weighted by molar-refractivity contribution is -0.130. The average molecular weight is 602 g/mol. The first-order valence-electron chi connectivity index (χ1n) is 14.5. The average Bonchev–Trinajstić information content (AvgIpc) is 2.98. The molecule has 1 unspecified atom stereocenters. The van der Waals surface area contributed by atoms with Crippen LogP contribution in [0, 0.1) is 17.0 Å². The van der Waals surface area contributed by atoms with Crippen LogP contribution in [0.1, 0.15) is 32.3 Å². The number of amides is 1. The van der Waals surface area contributed by atoms with Crippen LogP contribution in [0.15, 0.2) is 36.9 Å². The van der Waals surface area contributed by atoms with Crippen molar-refractivity contribution in [2.45, 2.75) is 44.8 Å². The summed E-state index contributed by atoms with van der Waals surface area (Å²) in [7, 11) is 0. The number of nitrogens with zero attached hydrogens (tertiary/aromatic N) is 3. The van der Waals surface area contributed by atoms with Crippen LogP contribution < -0.4 is 10.1 Å². The van der Waals surface area contributed by atoms with Gasteiger partial charge in [0.2, 0.25) is 5.91 Å². The molecule has 0 radical (unpaired) electrons. The van der Waals surface area contributed by atoms with Gasteiger partial charge in [0.05, 0.1) is 30.0 Å². The zero-order valence-electron chi connectivity index (χ0n) is 24.1. The summed E-state index contributed by atoms with van der Waals surface area (Å²) >= 11 is 6.79. The van der Waals surface area contributed by atoms with Crippen molar-refractivity contribution >= 4 is 29.0 Å². The summed E-state index contributed by atoms with van der Waals surface area (Å²) in [5.41, 5.74) is 1.54. The zero-order valence-corrected chi connectivity index (χ0v) is 24.9. The van der Waals surface area contributed by atoms with E-state index in [0.717, 1.165) is 51.8 Å². The van der Waals surface area contributed by atoms with Gasteiger partial charge >= 0.3 is 0 Å². The molecule has 0 aromatic heterocycles. The van der Waals surface area contributed by atoms with Gasteiger partial charge < -0.3 is 24.6 Å². The van der Waals surface area contributed by atoms with E-state index in [2.05, 4.69) is 16.8 Å². The molecule has 1 amide bonds. The summed E-state index contributed by atoms with van der Waals surface area (Å²) in [5, 5.41) is 13.1. The lowest BCUT2D eigenvalue weighted by atomic mass is 9.96. The smallest absolute Gasteiger partial charge is 0.246 e. The number of carbonyl (C=O) groups is 1. The van der Waals surface area contributed by atoms with Crippen molar-refractivity contribution in [3.8, 4) is 16.9 Å². The lowest BCUT2D eigenvalue weighted by Gasteiger charge is -2.45. The molecular formula is C31H38ClF2N5O3. The molecule has 3 aliphatic heterocycles. The quantitative estimate of drug-likeness (QED) is 0.264. The summed E-state index contributed by atoms with van der Waals surface area (Å²) in [4.78, 5) is 18.5. The molecule has 3 heterocycles. The van der Waals surface area contributed by atoms with E-state index in [-0.39, 0.29) is 40.5 Å². The normalized spacial score (nSPS) is 22.6. The van der Waals surface area contributed by atoms with E-state index >= 15 is 4.39 Å². The van der Waals surface area contributed by atoms with Crippen LogP contribution in [0.3, 0.4) is 0 Å². The van der Waals surface area contributed by atoms with Crippen LogP contribution in [0.2, 0.25) is 5.02 Å². The SMILES string of the molecule is C=CC(=O)N1C[C@H](C)N(C(=N)c2cc(Cl)c(-c3ccc(F)cc3F)c3c2NC(CCCN2CCOCC2)CO3)C[C@H]1C. The molecule has 11 heteroatoms. The molecule has 0 saturated carbocycles. The number of hydrogen-bond donors (Lipinski definition) is 2. The van der Waals surface area contributed by atoms with Crippen molar-refractivity contribution in [3.05, 3.63) is 59.1 Å². The topological polar surface area (TPSA) is 81.1 Å². The number of morpholine rings is 1. The van der Waals surface area contributed by atoms with Gasteiger partial charge in [0.15, 0.2) is 5.75 Å². The molecule has 3 aliphatic rings.